The van der Waals surface area contributed by atoms with Crippen LogP contribution in [0.15, 0.2) is 53.4 Å². The van der Waals surface area contributed by atoms with Crippen molar-refractivity contribution in [3.63, 3.8) is 0 Å². The second-order valence-corrected chi connectivity index (χ2v) is 9.55. The molecule has 6 nitrogen and oxygen atoms in total. The number of fused-ring (bicyclic) bond motifs is 1. The van der Waals surface area contributed by atoms with Gasteiger partial charge in [-0.05, 0) is 68.0 Å². The summed E-state index contributed by atoms with van der Waals surface area (Å²) in [5, 5.41) is 0. The van der Waals surface area contributed by atoms with Gasteiger partial charge in [0.15, 0.2) is 0 Å². The highest BCUT2D eigenvalue weighted by atomic mass is 35.5. The number of likely N-dealkylation sites (tertiary alicyclic amines) is 1. The quantitative estimate of drug-likeness (QED) is 0.771. The molecule has 1 aliphatic heterocycles. The van der Waals surface area contributed by atoms with Gasteiger partial charge in [0, 0.05) is 30.4 Å². The number of benzene rings is 2. The van der Waals surface area contributed by atoms with Crippen LogP contribution in [0, 0.1) is 18.8 Å². The number of nitrogens with two attached hydrogens (primary N) is 1. The second kappa shape index (κ2) is 8.34. The molecule has 0 bridgehead atoms. The van der Waals surface area contributed by atoms with Crippen molar-refractivity contribution < 1.29 is 13.2 Å². The Morgan fingerprint density at radius 3 is 2.31 bits per heavy atom. The maximum Gasteiger partial charge on any atom is 0.261 e. The van der Waals surface area contributed by atoms with E-state index in [-0.39, 0.29) is 29.3 Å². The van der Waals surface area contributed by atoms with Crippen molar-refractivity contribution in [3.05, 3.63) is 59.7 Å². The van der Waals surface area contributed by atoms with Crippen LogP contribution in [-0.2, 0) is 10.0 Å². The zero-order valence-electron chi connectivity index (χ0n) is 16.2. The van der Waals surface area contributed by atoms with Crippen LogP contribution in [0.3, 0.4) is 0 Å². The van der Waals surface area contributed by atoms with Gasteiger partial charge in [-0.25, -0.2) is 8.42 Å². The van der Waals surface area contributed by atoms with Crippen molar-refractivity contribution in [2.45, 2.75) is 30.7 Å². The Bertz CT molecular complexity index is 977. The predicted molar refractivity (Wildman–Crippen MR) is 116 cm³/mol. The standard InChI is InChI=1S/C21H25N3O3S.ClH/c1-14-2-7-17(8-3-14)23-28(26,27)18-9-4-15(5-10-18)21(25)24-12-16-6-11-20(22)19(16)13-24;/h2-5,7-10,16,19-20,23H,6,11-13,22H2,1H3;1H. The van der Waals surface area contributed by atoms with Gasteiger partial charge in [-0.3, -0.25) is 9.52 Å². The maximum absolute atomic E-state index is 12.8. The van der Waals surface area contributed by atoms with Gasteiger partial charge in [0.25, 0.3) is 15.9 Å². The van der Waals surface area contributed by atoms with E-state index in [0.717, 1.165) is 24.9 Å². The number of carbonyl (C=O) groups excluding carboxylic acids is 1. The summed E-state index contributed by atoms with van der Waals surface area (Å²) >= 11 is 0. The topological polar surface area (TPSA) is 92.5 Å². The minimum atomic E-state index is -3.70. The Balaban J connectivity index is 0.00000240. The van der Waals surface area contributed by atoms with Gasteiger partial charge in [0.1, 0.15) is 0 Å². The number of hydrogen-bond donors (Lipinski definition) is 2. The molecule has 2 aromatic carbocycles. The average Bonchev–Trinajstić information content (AvgIpc) is 3.25. The monoisotopic (exact) mass is 435 g/mol. The molecule has 1 heterocycles. The van der Waals surface area contributed by atoms with Crippen molar-refractivity contribution in [1.29, 1.82) is 0 Å². The lowest BCUT2D eigenvalue weighted by molar-refractivity contribution is 0.0779. The lowest BCUT2D eigenvalue weighted by atomic mass is 9.98. The number of amides is 1. The number of aryl methyl sites for hydroxylation is 1. The zero-order valence-corrected chi connectivity index (χ0v) is 17.9. The van der Waals surface area contributed by atoms with Gasteiger partial charge in [-0.15, -0.1) is 12.4 Å². The number of halogens is 1. The van der Waals surface area contributed by atoms with E-state index in [0.29, 0.717) is 29.6 Å². The van der Waals surface area contributed by atoms with Crippen molar-refractivity contribution in [3.8, 4) is 0 Å². The SMILES string of the molecule is Cc1ccc(NS(=O)(=O)c2ccc(C(=O)N3CC4CCC(N)C4C3)cc2)cc1.Cl. The van der Waals surface area contributed by atoms with Crippen molar-refractivity contribution in [1.82, 2.24) is 4.90 Å². The van der Waals surface area contributed by atoms with Crippen molar-refractivity contribution >= 4 is 34.0 Å². The lowest BCUT2D eigenvalue weighted by Gasteiger charge is -2.19. The van der Waals surface area contributed by atoms with E-state index in [9.17, 15) is 13.2 Å². The molecule has 156 valence electrons. The molecule has 1 amide bonds. The first-order chi connectivity index (χ1) is 13.3. The van der Waals surface area contributed by atoms with Crippen LogP contribution in [0.4, 0.5) is 5.69 Å². The summed E-state index contributed by atoms with van der Waals surface area (Å²) in [5.74, 6) is 0.830. The molecule has 4 rings (SSSR count). The number of carbonyl (C=O) groups is 1. The third kappa shape index (κ3) is 4.42. The van der Waals surface area contributed by atoms with E-state index >= 15 is 0 Å². The van der Waals surface area contributed by atoms with Crippen molar-refractivity contribution in [2.24, 2.45) is 17.6 Å². The summed E-state index contributed by atoms with van der Waals surface area (Å²) in [5.41, 5.74) is 8.21. The minimum Gasteiger partial charge on any atom is -0.338 e. The zero-order chi connectivity index (χ0) is 19.9. The van der Waals surface area contributed by atoms with E-state index < -0.39 is 10.0 Å². The Morgan fingerprint density at radius 2 is 1.69 bits per heavy atom. The van der Waals surface area contributed by atoms with Crippen LogP contribution in [0.2, 0.25) is 0 Å². The predicted octanol–water partition coefficient (Wildman–Crippen LogP) is 3.03. The highest BCUT2D eigenvalue weighted by Crippen LogP contribution is 2.37. The fourth-order valence-corrected chi connectivity index (χ4v) is 5.33. The third-order valence-electron chi connectivity index (χ3n) is 5.91. The van der Waals surface area contributed by atoms with Gasteiger partial charge >= 0.3 is 0 Å². The minimum absolute atomic E-state index is 0. The summed E-state index contributed by atoms with van der Waals surface area (Å²) in [7, 11) is -3.70. The van der Waals surface area contributed by atoms with Crippen LogP contribution in [0.5, 0.6) is 0 Å². The molecule has 3 N–H and O–H groups in total. The van der Waals surface area contributed by atoms with E-state index in [2.05, 4.69) is 4.72 Å². The number of anilines is 1. The normalized spacial score (nSPS) is 23.4. The molecule has 1 aliphatic carbocycles. The molecule has 3 atom stereocenters. The van der Waals surface area contributed by atoms with Crippen LogP contribution >= 0.6 is 12.4 Å². The van der Waals surface area contributed by atoms with Crippen LogP contribution < -0.4 is 10.5 Å². The fourth-order valence-electron chi connectivity index (χ4n) is 4.27. The van der Waals surface area contributed by atoms with E-state index in [4.69, 9.17) is 5.73 Å². The van der Waals surface area contributed by atoms with Gasteiger partial charge in [-0.1, -0.05) is 17.7 Å². The molecule has 2 aliphatic rings. The summed E-state index contributed by atoms with van der Waals surface area (Å²) in [6, 6.07) is 13.4. The summed E-state index contributed by atoms with van der Waals surface area (Å²) in [6.07, 6.45) is 2.12. The molecular formula is C21H26ClN3O3S. The molecule has 1 saturated carbocycles. The van der Waals surface area contributed by atoms with E-state index in [1.807, 2.05) is 24.0 Å². The van der Waals surface area contributed by atoms with Gasteiger partial charge in [0.2, 0.25) is 0 Å². The van der Waals surface area contributed by atoms with E-state index in [1.54, 1.807) is 24.3 Å². The Kier molecular flexibility index (Phi) is 6.22. The first-order valence-corrected chi connectivity index (χ1v) is 11.1. The Hall–Kier alpha value is -2.09. The molecule has 0 aromatic heterocycles. The van der Waals surface area contributed by atoms with Gasteiger partial charge < -0.3 is 10.6 Å². The van der Waals surface area contributed by atoms with Gasteiger partial charge in [0.05, 0.1) is 4.90 Å². The van der Waals surface area contributed by atoms with Crippen LogP contribution in [-0.4, -0.2) is 38.4 Å². The Morgan fingerprint density at radius 1 is 1.03 bits per heavy atom. The molecular weight excluding hydrogens is 410 g/mol. The molecule has 2 fully saturated rings. The third-order valence-corrected chi connectivity index (χ3v) is 7.31. The first kappa shape index (κ1) is 21.6. The highest BCUT2D eigenvalue weighted by molar-refractivity contribution is 7.92. The summed E-state index contributed by atoms with van der Waals surface area (Å²) < 4.78 is 27.7. The number of sulfonamides is 1. The molecule has 2 aromatic rings. The second-order valence-electron chi connectivity index (χ2n) is 7.87. The molecule has 1 saturated heterocycles. The summed E-state index contributed by atoms with van der Waals surface area (Å²) in [6.45, 7) is 3.38. The molecule has 3 unspecified atom stereocenters. The maximum atomic E-state index is 12.8. The molecule has 8 heteroatoms. The highest BCUT2D eigenvalue weighted by Gasteiger charge is 2.42. The number of nitrogens with zero attached hydrogens (tertiary/aromatic N) is 1. The van der Waals surface area contributed by atoms with Crippen LogP contribution in [0.1, 0.15) is 28.8 Å². The smallest absolute Gasteiger partial charge is 0.261 e. The van der Waals surface area contributed by atoms with Gasteiger partial charge in [-0.2, -0.15) is 0 Å². The first-order valence-electron chi connectivity index (χ1n) is 9.58. The molecule has 0 radical (unpaired) electrons. The van der Waals surface area contributed by atoms with E-state index in [1.165, 1.54) is 12.1 Å². The number of rotatable bonds is 4. The van der Waals surface area contributed by atoms with Crippen molar-refractivity contribution in [2.75, 3.05) is 17.8 Å². The number of hydrogen-bond acceptors (Lipinski definition) is 4. The molecule has 0 spiro atoms. The molecule has 29 heavy (non-hydrogen) atoms. The lowest BCUT2D eigenvalue weighted by Crippen LogP contribution is -2.33. The fraction of sp³-hybridized carbons (Fsp3) is 0.381. The van der Waals surface area contributed by atoms with Crippen LogP contribution in [0.25, 0.3) is 0 Å². The average molecular weight is 436 g/mol. The largest absolute Gasteiger partial charge is 0.338 e. The number of nitrogens with one attached hydrogen (secondary N) is 1. The Labute approximate surface area is 177 Å². The summed E-state index contributed by atoms with van der Waals surface area (Å²) in [4.78, 5) is 14.8.